The third-order valence-electron chi connectivity index (χ3n) is 7.51. The lowest BCUT2D eigenvalue weighted by atomic mass is 9.95. The van der Waals surface area contributed by atoms with Crippen LogP contribution in [0.15, 0.2) is 77.7 Å². The Morgan fingerprint density at radius 1 is 0.951 bits per heavy atom. The molecule has 1 aliphatic carbocycles. The molecule has 1 atom stereocenters. The summed E-state index contributed by atoms with van der Waals surface area (Å²) in [5, 5.41) is 3.52. The van der Waals surface area contributed by atoms with Crippen LogP contribution in [0.2, 0.25) is 10.0 Å². The second-order valence-corrected chi connectivity index (χ2v) is 13.1. The predicted octanol–water partition coefficient (Wildman–Crippen LogP) is 6.36. The zero-order valence-corrected chi connectivity index (χ0v) is 25.6. The molecule has 0 spiro atoms. The molecule has 2 amide bonds. The van der Waals surface area contributed by atoms with Gasteiger partial charge in [0.15, 0.2) is 0 Å². The van der Waals surface area contributed by atoms with Crippen molar-refractivity contribution in [2.24, 2.45) is 0 Å². The van der Waals surface area contributed by atoms with Crippen molar-refractivity contribution in [3.05, 3.63) is 94.0 Å². The van der Waals surface area contributed by atoms with Gasteiger partial charge in [0, 0.05) is 17.6 Å². The summed E-state index contributed by atoms with van der Waals surface area (Å²) in [6.45, 7) is 3.19. The first kappa shape index (κ1) is 30.9. The van der Waals surface area contributed by atoms with Crippen LogP contribution in [0.3, 0.4) is 0 Å². The van der Waals surface area contributed by atoms with E-state index >= 15 is 0 Å². The van der Waals surface area contributed by atoms with Crippen molar-refractivity contribution in [3.8, 4) is 0 Å². The van der Waals surface area contributed by atoms with Crippen molar-refractivity contribution in [1.29, 1.82) is 0 Å². The van der Waals surface area contributed by atoms with Gasteiger partial charge >= 0.3 is 0 Å². The van der Waals surface area contributed by atoms with Gasteiger partial charge in [-0.1, -0.05) is 84.9 Å². The number of rotatable bonds is 10. The van der Waals surface area contributed by atoms with Crippen molar-refractivity contribution >= 4 is 50.7 Å². The molecule has 1 fully saturated rings. The molecule has 0 bridgehead atoms. The van der Waals surface area contributed by atoms with Gasteiger partial charge in [0.05, 0.1) is 15.6 Å². The largest absolute Gasteiger partial charge is 0.352 e. The van der Waals surface area contributed by atoms with Gasteiger partial charge in [-0.2, -0.15) is 0 Å². The lowest BCUT2D eigenvalue weighted by Crippen LogP contribution is -2.53. The topological polar surface area (TPSA) is 86.8 Å². The first-order valence-corrected chi connectivity index (χ1v) is 15.9. The van der Waals surface area contributed by atoms with Gasteiger partial charge in [0.25, 0.3) is 10.0 Å². The fraction of sp³-hybridized carbons (Fsp3) is 0.355. The Kier molecular flexibility index (Phi) is 10.3. The maximum absolute atomic E-state index is 14.1. The molecular formula is C31H35Cl2N3O4S. The van der Waals surface area contributed by atoms with Crippen molar-refractivity contribution < 1.29 is 18.0 Å². The number of aryl methyl sites for hydroxylation is 1. The summed E-state index contributed by atoms with van der Waals surface area (Å²) in [7, 11) is -4.21. The van der Waals surface area contributed by atoms with Gasteiger partial charge in [-0.25, -0.2) is 8.42 Å². The number of anilines is 1. The van der Waals surface area contributed by atoms with Crippen LogP contribution in [0.5, 0.6) is 0 Å². The average Bonchev–Trinajstić information content (AvgIpc) is 2.96. The Hall–Kier alpha value is -3.07. The van der Waals surface area contributed by atoms with E-state index < -0.39 is 28.5 Å². The molecule has 10 heteroatoms. The summed E-state index contributed by atoms with van der Waals surface area (Å²) < 4.78 is 28.8. The van der Waals surface area contributed by atoms with E-state index in [0.29, 0.717) is 5.02 Å². The van der Waals surface area contributed by atoms with Crippen LogP contribution in [-0.2, 0) is 26.2 Å². The van der Waals surface area contributed by atoms with Crippen molar-refractivity contribution in [1.82, 2.24) is 10.2 Å². The summed E-state index contributed by atoms with van der Waals surface area (Å²) in [4.78, 5) is 29.0. The molecule has 41 heavy (non-hydrogen) atoms. The number of halogens is 2. The van der Waals surface area contributed by atoms with Crippen LogP contribution >= 0.6 is 23.2 Å². The first-order chi connectivity index (χ1) is 19.6. The number of carbonyl (C=O) groups excluding carboxylic acids is 2. The highest BCUT2D eigenvalue weighted by atomic mass is 35.5. The average molecular weight is 617 g/mol. The van der Waals surface area contributed by atoms with Crippen LogP contribution in [0.1, 0.15) is 50.2 Å². The molecule has 1 N–H and O–H groups in total. The second kappa shape index (κ2) is 13.7. The number of carbonyl (C=O) groups is 2. The SMILES string of the molecule is Cc1ccccc1CN(C(=O)CN(c1ccc(Cl)cc1Cl)S(=O)(=O)c1ccccc1)[C@H](C)C(=O)NC1CCCCC1. The van der Waals surface area contributed by atoms with Gasteiger partial charge in [-0.15, -0.1) is 0 Å². The minimum atomic E-state index is -4.21. The number of nitrogens with zero attached hydrogens (tertiary/aromatic N) is 2. The molecule has 3 aromatic carbocycles. The van der Waals surface area contributed by atoms with E-state index in [-0.39, 0.29) is 34.1 Å². The van der Waals surface area contributed by atoms with Gasteiger partial charge < -0.3 is 10.2 Å². The maximum Gasteiger partial charge on any atom is 0.264 e. The van der Waals surface area contributed by atoms with Gasteiger partial charge in [-0.05, 0) is 68.1 Å². The fourth-order valence-corrected chi connectivity index (χ4v) is 7.05. The van der Waals surface area contributed by atoms with Crippen LogP contribution in [0.25, 0.3) is 0 Å². The third kappa shape index (κ3) is 7.61. The number of nitrogens with one attached hydrogen (secondary N) is 1. The Bertz CT molecular complexity index is 1480. The van der Waals surface area contributed by atoms with Crippen LogP contribution in [0.4, 0.5) is 5.69 Å². The summed E-state index contributed by atoms with van der Waals surface area (Å²) >= 11 is 12.6. The molecule has 1 aliphatic rings. The molecule has 0 unspecified atom stereocenters. The van der Waals surface area contributed by atoms with E-state index in [1.807, 2.05) is 31.2 Å². The number of benzene rings is 3. The summed E-state index contributed by atoms with van der Waals surface area (Å²) in [6.07, 6.45) is 5.07. The molecule has 1 saturated carbocycles. The molecular weight excluding hydrogens is 581 g/mol. The normalized spacial score (nSPS) is 14.7. The Balaban J connectivity index is 1.70. The predicted molar refractivity (Wildman–Crippen MR) is 164 cm³/mol. The van der Waals surface area contributed by atoms with Gasteiger partial charge in [0.2, 0.25) is 11.8 Å². The second-order valence-electron chi connectivity index (χ2n) is 10.4. The molecule has 4 rings (SSSR count). The Morgan fingerprint density at radius 2 is 1.61 bits per heavy atom. The van der Waals surface area contributed by atoms with E-state index in [1.54, 1.807) is 25.1 Å². The molecule has 218 valence electrons. The molecule has 0 heterocycles. The number of hydrogen-bond donors (Lipinski definition) is 1. The number of sulfonamides is 1. The van der Waals surface area contributed by atoms with E-state index in [0.717, 1.165) is 47.5 Å². The first-order valence-electron chi connectivity index (χ1n) is 13.7. The lowest BCUT2D eigenvalue weighted by Gasteiger charge is -2.33. The highest BCUT2D eigenvalue weighted by molar-refractivity contribution is 7.92. The highest BCUT2D eigenvalue weighted by Gasteiger charge is 2.34. The van der Waals surface area contributed by atoms with Crippen LogP contribution in [-0.4, -0.2) is 43.8 Å². The maximum atomic E-state index is 14.1. The quantitative estimate of drug-likeness (QED) is 0.287. The minimum Gasteiger partial charge on any atom is -0.352 e. The third-order valence-corrected chi connectivity index (χ3v) is 9.82. The van der Waals surface area contributed by atoms with Crippen molar-refractivity contribution in [2.45, 2.75) is 69.5 Å². The molecule has 7 nitrogen and oxygen atoms in total. The van der Waals surface area contributed by atoms with Crippen molar-refractivity contribution in [3.63, 3.8) is 0 Å². The van der Waals surface area contributed by atoms with Crippen LogP contribution < -0.4 is 9.62 Å². The molecule has 0 aliphatic heterocycles. The van der Waals surface area contributed by atoms with E-state index in [4.69, 9.17) is 23.2 Å². The Labute approximate surface area is 252 Å². The smallest absolute Gasteiger partial charge is 0.264 e. The zero-order valence-electron chi connectivity index (χ0n) is 23.2. The van der Waals surface area contributed by atoms with Crippen molar-refractivity contribution in [2.75, 3.05) is 10.8 Å². The van der Waals surface area contributed by atoms with E-state index in [9.17, 15) is 18.0 Å². The zero-order chi connectivity index (χ0) is 29.6. The molecule has 0 radical (unpaired) electrons. The standard InChI is InChI=1S/C31H35Cl2N3O4S/c1-22-11-9-10-12-24(22)20-35(23(2)31(38)34-26-13-5-3-6-14-26)30(37)21-36(29-18-17-25(32)19-28(29)33)41(39,40)27-15-7-4-8-16-27/h4,7-12,15-19,23,26H,3,5-6,13-14,20-21H2,1-2H3,(H,34,38)/t23-/m1/s1. The fourth-order valence-electron chi connectivity index (χ4n) is 5.04. The Morgan fingerprint density at radius 3 is 2.27 bits per heavy atom. The van der Waals surface area contributed by atoms with Gasteiger partial charge in [-0.3, -0.25) is 13.9 Å². The van der Waals surface area contributed by atoms with E-state index in [2.05, 4.69) is 5.32 Å². The molecule has 3 aromatic rings. The van der Waals surface area contributed by atoms with E-state index in [1.165, 1.54) is 35.2 Å². The molecule has 0 saturated heterocycles. The highest BCUT2D eigenvalue weighted by Crippen LogP contribution is 2.33. The number of hydrogen-bond acceptors (Lipinski definition) is 4. The monoisotopic (exact) mass is 615 g/mol. The summed E-state index contributed by atoms with van der Waals surface area (Å²) in [6, 6.07) is 19.1. The van der Waals surface area contributed by atoms with Crippen LogP contribution in [0, 0.1) is 6.92 Å². The summed E-state index contributed by atoms with van der Waals surface area (Å²) in [5.41, 5.74) is 1.93. The van der Waals surface area contributed by atoms with Gasteiger partial charge in [0.1, 0.15) is 12.6 Å². The minimum absolute atomic E-state index is 0.00682. The molecule has 0 aromatic heterocycles. The lowest BCUT2D eigenvalue weighted by molar-refractivity contribution is -0.139. The number of amides is 2. The summed E-state index contributed by atoms with van der Waals surface area (Å²) in [5.74, 6) is -0.800.